The van der Waals surface area contributed by atoms with Gasteiger partial charge in [-0.25, -0.2) is 9.59 Å². The van der Waals surface area contributed by atoms with Crippen molar-refractivity contribution in [3.63, 3.8) is 0 Å². The highest BCUT2D eigenvalue weighted by molar-refractivity contribution is 6.00. The first kappa shape index (κ1) is 29.0. The van der Waals surface area contributed by atoms with E-state index in [4.69, 9.17) is 23.7 Å². The summed E-state index contributed by atoms with van der Waals surface area (Å²) in [5.74, 6) is -2.68. The van der Waals surface area contributed by atoms with Gasteiger partial charge in [-0.15, -0.1) is 0 Å². The summed E-state index contributed by atoms with van der Waals surface area (Å²) in [7, 11) is 0. The summed E-state index contributed by atoms with van der Waals surface area (Å²) >= 11 is 0. The molecule has 1 aliphatic rings. The molecule has 1 aromatic carbocycles. The number of esters is 2. The van der Waals surface area contributed by atoms with E-state index in [1.54, 1.807) is 33.8 Å². The van der Waals surface area contributed by atoms with Crippen molar-refractivity contribution in [1.29, 1.82) is 0 Å². The summed E-state index contributed by atoms with van der Waals surface area (Å²) in [4.78, 5) is 38.1. The van der Waals surface area contributed by atoms with Crippen LogP contribution >= 0.6 is 0 Å². The van der Waals surface area contributed by atoms with Crippen LogP contribution in [0, 0.1) is 10.1 Å². The molecule has 1 heterocycles. The fraction of sp³-hybridized carbons (Fsp3) is 0.520. The van der Waals surface area contributed by atoms with E-state index in [2.05, 4.69) is 5.32 Å². The molecule has 0 amide bonds. The average Bonchev–Trinajstić information content (AvgIpc) is 2.85. The largest absolute Gasteiger partial charge is 0.463 e. The van der Waals surface area contributed by atoms with E-state index < -0.39 is 29.1 Å². The molecule has 0 spiro atoms. The van der Waals surface area contributed by atoms with Crippen LogP contribution in [-0.2, 0) is 33.3 Å². The fourth-order valence-electron chi connectivity index (χ4n) is 3.89. The summed E-state index contributed by atoms with van der Waals surface area (Å²) < 4.78 is 27.5. The van der Waals surface area contributed by atoms with Gasteiger partial charge in [-0.3, -0.25) is 10.1 Å². The zero-order chi connectivity index (χ0) is 26.7. The molecule has 0 saturated heterocycles. The molecule has 0 aliphatic carbocycles. The van der Waals surface area contributed by atoms with Crippen molar-refractivity contribution >= 4 is 17.6 Å². The van der Waals surface area contributed by atoms with Crippen molar-refractivity contribution in [3.05, 3.63) is 62.5 Å². The average molecular weight is 507 g/mol. The number of nitrogens with zero attached hydrogens (tertiary/aromatic N) is 1. The van der Waals surface area contributed by atoms with Crippen LogP contribution in [0.1, 0.15) is 46.1 Å². The molecule has 1 N–H and O–H groups in total. The van der Waals surface area contributed by atoms with Crippen LogP contribution in [0.5, 0.6) is 0 Å². The number of dihydropyridines is 1. The van der Waals surface area contributed by atoms with E-state index in [-0.39, 0.29) is 61.1 Å². The van der Waals surface area contributed by atoms with Crippen molar-refractivity contribution in [2.24, 2.45) is 0 Å². The highest BCUT2D eigenvalue weighted by Crippen LogP contribution is 2.43. The number of para-hydroxylation sites is 1. The molecule has 1 unspecified atom stereocenters. The number of allylic oxidation sites excluding steroid dienone is 1. The summed E-state index contributed by atoms with van der Waals surface area (Å²) in [5.41, 5.74) is 0.435. The van der Waals surface area contributed by atoms with Gasteiger partial charge in [0.2, 0.25) is 0 Å². The van der Waals surface area contributed by atoms with Crippen LogP contribution in [0.15, 0.2) is 46.8 Å². The predicted molar refractivity (Wildman–Crippen MR) is 130 cm³/mol. The van der Waals surface area contributed by atoms with Crippen molar-refractivity contribution in [3.8, 4) is 0 Å². The number of ether oxygens (including phenoxy) is 5. The third kappa shape index (κ3) is 6.90. The van der Waals surface area contributed by atoms with Crippen LogP contribution in [0.4, 0.5) is 5.69 Å². The molecule has 0 radical (unpaired) electrons. The van der Waals surface area contributed by atoms with Gasteiger partial charge >= 0.3 is 11.9 Å². The monoisotopic (exact) mass is 506 g/mol. The van der Waals surface area contributed by atoms with Crippen LogP contribution in [0.2, 0.25) is 0 Å². The van der Waals surface area contributed by atoms with Crippen molar-refractivity contribution in [2.75, 3.05) is 39.6 Å². The zero-order valence-electron chi connectivity index (χ0n) is 21.3. The van der Waals surface area contributed by atoms with Gasteiger partial charge in [0, 0.05) is 37.1 Å². The molecule has 0 saturated carbocycles. The number of benzene rings is 1. The molecule has 1 aromatic rings. The number of hydrogen-bond donors (Lipinski definition) is 1. The maximum Gasteiger partial charge on any atom is 0.336 e. The Morgan fingerprint density at radius 2 is 1.58 bits per heavy atom. The molecule has 2 rings (SSSR count). The minimum absolute atomic E-state index is 0.0274. The molecule has 0 bridgehead atoms. The molecular weight excluding hydrogens is 472 g/mol. The number of nitro groups is 1. The normalized spacial score (nSPS) is 15.7. The van der Waals surface area contributed by atoms with Crippen molar-refractivity contribution < 1.29 is 38.2 Å². The summed E-state index contributed by atoms with van der Waals surface area (Å²) in [6, 6.07) is 5.93. The summed E-state index contributed by atoms with van der Waals surface area (Å²) in [6.45, 7) is 9.78. The Balaban J connectivity index is 2.79. The third-order valence-corrected chi connectivity index (χ3v) is 5.29. The van der Waals surface area contributed by atoms with Crippen LogP contribution in [0.3, 0.4) is 0 Å². The molecular formula is C25H34N2O9. The standard InChI is InChI=1S/C25H34N2O9/c1-6-32-14-15-36-23(28)19-16(5)26-22(25(34-8-3)35-9-4)21(24(29)33-7-2)20(19)17-12-10-11-13-18(17)27(30)31/h10-13,20,25-26H,6-9,14-15H2,1-5H3. The second-order valence-corrected chi connectivity index (χ2v) is 7.54. The van der Waals surface area contributed by atoms with E-state index in [1.807, 2.05) is 6.92 Å². The maximum absolute atomic E-state index is 13.4. The van der Waals surface area contributed by atoms with Gasteiger partial charge in [0.15, 0.2) is 6.29 Å². The Bertz CT molecular complexity index is 997. The van der Waals surface area contributed by atoms with Crippen LogP contribution < -0.4 is 5.32 Å². The number of carbonyl (C=O) groups excluding carboxylic acids is 2. The number of hydrogen-bond acceptors (Lipinski definition) is 10. The summed E-state index contributed by atoms with van der Waals surface area (Å²) in [5, 5.41) is 15.0. The molecule has 36 heavy (non-hydrogen) atoms. The first-order chi connectivity index (χ1) is 17.3. The Hall–Kier alpha value is -3.28. The molecule has 198 valence electrons. The molecule has 1 aliphatic heterocycles. The highest BCUT2D eigenvalue weighted by atomic mass is 16.7. The van der Waals surface area contributed by atoms with Gasteiger partial charge in [0.25, 0.3) is 5.69 Å². The molecule has 1 atom stereocenters. The Morgan fingerprint density at radius 3 is 2.17 bits per heavy atom. The van der Waals surface area contributed by atoms with E-state index >= 15 is 0 Å². The number of nitro benzene ring substituents is 1. The number of rotatable bonds is 14. The fourth-order valence-corrected chi connectivity index (χ4v) is 3.89. The van der Waals surface area contributed by atoms with Gasteiger partial charge in [0.05, 0.1) is 40.9 Å². The molecule has 0 fully saturated rings. The smallest absolute Gasteiger partial charge is 0.336 e. The minimum Gasteiger partial charge on any atom is -0.463 e. The second kappa shape index (κ2) is 14.3. The topological polar surface area (TPSA) is 135 Å². The lowest BCUT2D eigenvalue weighted by molar-refractivity contribution is -0.385. The Labute approximate surface area is 210 Å². The lowest BCUT2D eigenvalue weighted by atomic mass is 9.79. The molecule has 0 aromatic heterocycles. The van der Waals surface area contributed by atoms with E-state index in [9.17, 15) is 19.7 Å². The maximum atomic E-state index is 13.4. The molecule has 11 nitrogen and oxygen atoms in total. The number of nitrogens with one attached hydrogen (secondary N) is 1. The second-order valence-electron chi connectivity index (χ2n) is 7.54. The van der Waals surface area contributed by atoms with E-state index in [0.29, 0.717) is 12.3 Å². The quantitative estimate of drug-likeness (QED) is 0.132. The number of carbonyl (C=O) groups is 2. The van der Waals surface area contributed by atoms with Gasteiger partial charge in [0.1, 0.15) is 6.61 Å². The lowest BCUT2D eigenvalue weighted by Crippen LogP contribution is -2.39. The SMILES string of the molecule is CCOCCOC(=O)C1=C(C)NC(C(OCC)OCC)=C(C(=O)OCC)C1c1ccccc1[N+](=O)[O-]. The van der Waals surface area contributed by atoms with Crippen molar-refractivity contribution in [1.82, 2.24) is 5.32 Å². The Kier molecular flexibility index (Phi) is 11.5. The first-order valence-corrected chi connectivity index (χ1v) is 11.9. The van der Waals surface area contributed by atoms with Gasteiger partial charge in [-0.1, -0.05) is 18.2 Å². The highest BCUT2D eigenvalue weighted by Gasteiger charge is 2.43. The van der Waals surface area contributed by atoms with Crippen LogP contribution in [-0.4, -0.2) is 62.8 Å². The van der Waals surface area contributed by atoms with Gasteiger partial charge in [-0.05, 0) is 34.6 Å². The Morgan fingerprint density at radius 1 is 0.944 bits per heavy atom. The minimum atomic E-state index is -1.18. The van der Waals surface area contributed by atoms with Gasteiger partial charge < -0.3 is 29.0 Å². The van der Waals surface area contributed by atoms with E-state index in [1.165, 1.54) is 18.2 Å². The predicted octanol–water partition coefficient (Wildman–Crippen LogP) is 3.35. The summed E-state index contributed by atoms with van der Waals surface area (Å²) in [6.07, 6.45) is -1.00. The van der Waals surface area contributed by atoms with E-state index in [0.717, 1.165) is 0 Å². The van der Waals surface area contributed by atoms with Gasteiger partial charge in [-0.2, -0.15) is 0 Å². The zero-order valence-corrected chi connectivity index (χ0v) is 21.3. The lowest BCUT2D eigenvalue weighted by Gasteiger charge is -2.34. The van der Waals surface area contributed by atoms with Crippen molar-refractivity contribution in [2.45, 2.75) is 46.8 Å². The first-order valence-electron chi connectivity index (χ1n) is 11.9. The third-order valence-electron chi connectivity index (χ3n) is 5.29. The van der Waals surface area contributed by atoms with Crippen LogP contribution in [0.25, 0.3) is 0 Å². The molecule has 11 heteroatoms.